The lowest BCUT2D eigenvalue weighted by atomic mass is 10.2. The maximum absolute atomic E-state index is 9.06. The number of aliphatic hydroxyl groups excluding tert-OH is 1. The molecule has 2 N–H and O–H groups in total. The summed E-state index contributed by atoms with van der Waals surface area (Å²) < 4.78 is 1.76. The molecule has 1 rings (SSSR count). The smallest absolute Gasteiger partial charge is 0.185 e. The van der Waals surface area contributed by atoms with Gasteiger partial charge in [0, 0.05) is 18.8 Å². The van der Waals surface area contributed by atoms with Crippen LogP contribution in [0.4, 0.5) is 0 Å². The van der Waals surface area contributed by atoms with E-state index in [9.17, 15) is 0 Å². The third kappa shape index (κ3) is 4.19. The highest BCUT2D eigenvalue weighted by atomic mass is 32.2. The largest absolute Gasteiger partial charge is 0.395 e. The van der Waals surface area contributed by atoms with Gasteiger partial charge in [0.15, 0.2) is 5.16 Å². The molecule has 0 spiro atoms. The second-order valence-electron chi connectivity index (χ2n) is 3.24. The van der Waals surface area contributed by atoms with Gasteiger partial charge in [0.05, 0.1) is 6.61 Å². The summed E-state index contributed by atoms with van der Waals surface area (Å²) in [5.74, 6) is 0.935. The zero-order valence-electron chi connectivity index (χ0n) is 9.18. The van der Waals surface area contributed by atoms with E-state index in [0.29, 0.717) is 0 Å². The fraction of sp³-hybridized carbons (Fsp3) is 0.778. The molecule has 1 heterocycles. The highest BCUT2D eigenvalue weighted by Crippen LogP contribution is 2.14. The molecule has 0 fully saturated rings. The molecule has 6 heteroatoms. The molecule has 0 bridgehead atoms. The minimum Gasteiger partial charge on any atom is -0.395 e. The third-order valence-corrected chi connectivity index (χ3v) is 3.15. The van der Waals surface area contributed by atoms with E-state index in [2.05, 4.69) is 15.4 Å². The average molecular weight is 230 g/mol. The molecule has 1 atom stereocenters. The first-order valence-corrected chi connectivity index (χ1v) is 6.07. The summed E-state index contributed by atoms with van der Waals surface area (Å²) >= 11 is 1.66. The van der Waals surface area contributed by atoms with E-state index in [1.165, 1.54) is 0 Å². The van der Waals surface area contributed by atoms with E-state index in [1.807, 2.05) is 14.0 Å². The van der Waals surface area contributed by atoms with Gasteiger partial charge in [-0.15, -0.1) is 0 Å². The Labute approximate surface area is 94.3 Å². The highest BCUT2D eigenvalue weighted by molar-refractivity contribution is 7.99. The number of rotatable bonds is 7. The van der Waals surface area contributed by atoms with Crippen molar-refractivity contribution in [2.24, 2.45) is 7.05 Å². The lowest BCUT2D eigenvalue weighted by molar-refractivity contribution is 0.241. The molecule has 0 radical (unpaired) electrons. The van der Waals surface area contributed by atoms with Crippen LogP contribution in [0.25, 0.3) is 0 Å². The summed E-state index contributed by atoms with van der Waals surface area (Å²) in [5, 5.41) is 17.2. The fourth-order valence-electron chi connectivity index (χ4n) is 1.26. The summed E-state index contributed by atoms with van der Waals surface area (Å²) in [4.78, 5) is 4.12. The summed E-state index contributed by atoms with van der Waals surface area (Å²) in [6.07, 6.45) is 2.48. The first kappa shape index (κ1) is 12.5. The van der Waals surface area contributed by atoms with Gasteiger partial charge in [0.1, 0.15) is 6.33 Å². The van der Waals surface area contributed by atoms with E-state index < -0.39 is 0 Å². The van der Waals surface area contributed by atoms with E-state index >= 15 is 0 Å². The van der Waals surface area contributed by atoms with Crippen LogP contribution in [0.1, 0.15) is 13.3 Å². The molecule has 1 aromatic heterocycles. The van der Waals surface area contributed by atoms with Crippen LogP contribution < -0.4 is 5.32 Å². The standard InChI is InChI=1S/C9H18N4OS/c1-3-10-8(6-14)4-5-15-9-11-7-12-13(9)2/h7-8,10,14H,3-6H2,1-2H3. The number of aliphatic hydroxyl groups is 1. The van der Waals surface area contributed by atoms with Crippen LogP contribution in [0, 0.1) is 0 Å². The van der Waals surface area contributed by atoms with Crippen LogP contribution in [0.5, 0.6) is 0 Å². The number of aromatic nitrogens is 3. The topological polar surface area (TPSA) is 63.0 Å². The van der Waals surface area contributed by atoms with Gasteiger partial charge in [-0.1, -0.05) is 18.7 Å². The Kier molecular flexibility index (Phi) is 5.67. The summed E-state index contributed by atoms with van der Waals surface area (Å²) in [6.45, 7) is 3.12. The van der Waals surface area contributed by atoms with Gasteiger partial charge in [0.25, 0.3) is 0 Å². The maximum Gasteiger partial charge on any atom is 0.185 e. The summed E-state index contributed by atoms with van der Waals surface area (Å²) in [6, 6.07) is 0.190. The number of likely N-dealkylation sites (N-methyl/N-ethyl adjacent to an activating group) is 1. The molecule has 0 saturated carbocycles. The molecule has 0 aromatic carbocycles. The fourth-order valence-corrected chi connectivity index (χ4v) is 2.20. The third-order valence-electron chi connectivity index (χ3n) is 2.08. The quantitative estimate of drug-likeness (QED) is 0.658. The van der Waals surface area contributed by atoms with Crippen molar-refractivity contribution in [3.63, 3.8) is 0 Å². The predicted octanol–water partition coefficient (Wildman–Crippen LogP) is 0.268. The number of hydrogen-bond acceptors (Lipinski definition) is 5. The number of hydrogen-bond donors (Lipinski definition) is 2. The second kappa shape index (κ2) is 6.81. The lowest BCUT2D eigenvalue weighted by Gasteiger charge is -2.13. The van der Waals surface area contributed by atoms with Crippen molar-refractivity contribution in [1.29, 1.82) is 0 Å². The molecule has 15 heavy (non-hydrogen) atoms. The molecular weight excluding hydrogens is 212 g/mol. The Balaban J connectivity index is 2.23. The van der Waals surface area contributed by atoms with Crippen molar-refractivity contribution in [2.45, 2.75) is 24.5 Å². The first-order chi connectivity index (χ1) is 7.27. The SMILES string of the molecule is CCNC(CO)CCSc1ncnn1C. The van der Waals surface area contributed by atoms with E-state index in [1.54, 1.807) is 22.8 Å². The van der Waals surface area contributed by atoms with Gasteiger partial charge in [-0.2, -0.15) is 5.10 Å². The highest BCUT2D eigenvalue weighted by Gasteiger charge is 2.07. The Morgan fingerprint density at radius 2 is 2.47 bits per heavy atom. The van der Waals surface area contributed by atoms with Crippen LogP contribution in [0.15, 0.2) is 11.5 Å². The Morgan fingerprint density at radius 1 is 1.67 bits per heavy atom. The average Bonchev–Trinajstić information content (AvgIpc) is 2.63. The second-order valence-corrected chi connectivity index (χ2v) is 4.30. The Bertz CT molecular complexity index is 279. The number of thioether (sulfide) groups is 1. The van der Waals surface area contributed by atoms with Crippen molar-refractivity contribution < 1.29 is 5.11 Å². The molecule has 86 valence electrons. The first-order valence-electron chi connectivity index (χ1n) is 5.09. The molecule has 0 amide bonds. The number of nitrogens with one attached hydrogen (secondary N) is 1. The van der Waals surface area contributed by atoms with Crippen LogP contribution in [0.3, 0.4) is 0 Å². The molecule has 0 aliphatic carbocycles. The van der Waals surface area contributed by atoms with Crippen molar-refractivity contribution in [2.75, 3.05) is 18.9 Å². The summed E-state index contributed by atoms with van der Waals surface area (Å²) in [5.41, 5.74) is 0. The lowest BCUT2D eigenvalue weighted by Crippen LogP contribution is -2.32. The molecule has 0 aliphatic heterocycles. The Hall–Kier alpha value is -0.590. The van der Waals surface area contributed by atoms with Gasteiger partial charge in [0.2, 0.25) is 0 Å². The van der Waals surface area contributed by atoms with Crippen molar-refractivity contribution >= 4 is 11.8 Å². The van der Waals surface area contributed by atoms with Gasteiger partial charge in [-0.3, -0.25) is 0 Å². The van der Waals surface area contributed by atoms with Gasteiger partial charge < -0.3 is 10.4 Å². The minimum absolute atomic E-state index is 0.188. The summed E-state index contributed by atoms with van der Waals surface area (Å²) in [7, 11) is 1.88. The van der Waals surface area contributed by atoms with Crippen LogP contribution >= 0.6 is 11.8 Å². The van der Waals surface area contributed by atoms with Gasteiger partial charge in [-0.25, -0.2) is 9.67 Å². The monoisotopic (exact) mass is 230 g/mol. The van der Waals surface area contributed by atoms with E-state index in [0.717, 1.165) is 23.9 Å². The maximum atomic E-state index is 9.06. The number of nitrogens with zero attached hydrogens (tertiary/aromatic N) is 3. The van der Waals surface area contributed by atoms with Crippen molar-refractivity contribution in [3.8, 4) is 0 Å². The zero-order chi connectivity index (χ0) is 11.1. The van der Waals surface area contributed by atoms with Crippen molar-refractivity contribution in [3.05, 3.63) is 6.33 Å². The van der Waals surface area contributed by atoms with Crippen LogP contribution in [0.2, 0.25) is 0 Å². The normalized spacial score (nSPS) is 13.0. The van der Waals surface area contributed by atoms with Gasteiger partial charge in [-0.05, 0) is 13.0 Å². The van der Waals surface area contributed by atoms with E-state index in [4.69, 9.17) is 5.11 Å². The van der Waals surface area contributed by atoms with E-state index in [-0.39, 0.29) is 12.6 Å². The van der Waals surface area contributed by atoms with Crippen LogP contribution in [-0.2, 0) is 7.05 Å². The zero-order valence-corrected chi connectivity index (χ0v) is 10.00. The molecule has 5 nitrogen and oxygen atoms in total. The van der Waals surface area contributed by atoms with Crippen LogP contribution in [-0.4, -0.2) is 44.8 Å². The molecule has 0 aliphatic rings. The molecular formula is C9H18N4OS. The van der Waals surface area contributed by atoms with Crippen molar-refractivity contribution in [1.82, 2.24) is 20.1 Å². The molecule has 1 unspecified atom stereocenters. The molecule has 0 saturated heterocycles. The molecule has 1 aromatic rings. The predicted molar refractivity (Wildman–Crippen MR) is 60.9 cm³/mol. The van der Waals surface area contributed by atoms with Gasteiger partial charge >= 0.3 is 0 Å². The Morgan fingerprint density at radius 3 is 3.00 bits per heavy atom. The number of aryl methyl sites for hydroxylation is 1. The minimum atomic E-state index is 0.188.